The Balaban J connectivity index is 2.08. The molecule has 0 atom stereocenters. The Morgan fingerprint density at radius 2 is 2.16 bits per heavy atom. The van der Waals surface area contributed by atoms with E-state index in [0.29, 0.717) is 17.6 Å². The lowest BCUT2D eigenvalue weighted by Crippen LogP contribution is -2.23. The van der Waals surface area contributed by atoms with Crippen molar-refractivity contribution in [1.29, 1.82) is 0 Å². The average Bonchev–Trinajstić information content (AvgIpc) is 2.76. The number of carboxylic acids is 1. The fourth-order valence-corrected chi connectivity index (χ4v) is 2.69. The molecule has 0 bridgehead atoms. The zero-order valence-corrected chi connectivity index (χ0v) is 11.3. The molecular formula is C13H9ClNO3S-. The van der Waals surface area contributed by atoms with Crippen LogP contribution in [0.5, 0.6) is 0 Å². The number of halogens is 1. The second-order valence-electron chi connectivity index (χ2n) is 3.77. The number of carboxylic acid groups (broad SMARTS) is 1. The van der Waals surface area contributed by atoms with Crippen molar-refractivity contribution in [3.05, 3.63) is 46.3 Å². The van der Waals surface area contributed by atoms with Gasteiger partial charge in [0.2, 0.25) is 5.91 Å². The molecule has 0 aliphatic carbocycles. The first-order chi connectivity index (χ1) is 9.06. The van der Waals surface area contributed by atoms with E-state index < -0.39 is 11.9 Å². The Labute approximate surface area is 118 Å². The average molecular weight is 295 g/mol. The van der Waals surface area contributed by atoms with E-state index in [4.69, 9.17) is 11.6 Å². The highest BCUT2D eigenvalue weighted by molar-refractivity contribution is 7.17. The zero-order valence-electron chi connectivity index (χ0n) is 9.68. The summed E-state index contributed by atoms with van der Waals surface area (Å²) in [4.78, 5) is 21.5. The molecule has 6 heteroatoms. The van der Waals surface area contributed by atoms with Gasteiger partial charge in [0.1, 0.15) is 0 Å². The highest BCUT2D eigenvalue weighted by Gasteiger charge is 2.05. The quantitative estimate of drug-likeness (QED) is 0.868. The van der Waals surface area contributed by atoms with Crippen LogP contribution in [0.3, 0.4) is 0 Å². The second kappa shape index (κ2) is 5.86. The molecule has 0 aliphatic rings. The number of benzene rings is 1. The summed E-state index contributed by atoms with van der Waals surface area (Å²) in [6, 6.07) is 5.57. The van der Waals surface area contributed by atoms with Crippen LogP contribution in [0.2, 0.25) is 5.02 Å². The number of aliphatic carboxylic acids is 1. The van der Waals surface area contributed by atoms with Crippen LogP contribution in [0.4, 0.5) is 0 Å². The number of hydrogen-bond donors (Lipinski definition) is 1. The van der Waals surface area contributed by atoms with Crippen molar-refractivity contribution in [3.63, 3.8) is 0 Å². The molecule has 0 fully saturated rings. The van der Waals surface area contributed by atoms with Crippen LogP contribution < -0.4 is 10.4 Å². The van der Waals surface area contributed by atoms with Crippen molar-refractivity contribution in [2.45, 2.75) is 6.54 Å². The van der Waals surface area contributed by atoms with Crippen LogP contribution in [0.1, 0.15) is 5.56 Å². The molecule has 2 rings (SSSR count). The second-order valence-corrected chi connectivity index (χ2v) is 5.12. The van der Waals surface area contributed by atoms with Gasteiger partial charge in [0.25, 0.3) is 0 Å². The van der Waals surface area contributed by atoms with Crippen molar-refractivity contribution in [3.8, 4) is 0 Å². The summed E-state index contributed by atoms with van der Waals surface area (Å²) < 4.78 is 1.08. The van der Waals surface area contributed by atoms with Gasteiger partial charge in [0.15, 0.2) is 0 Å². The lowest BCUT2D eigenvalue weighted by Gasteiger charge is -2.01. The molecule has 4 nitrogen and oxygen atoms in total. The minimum absolute atomic E-state index is 0.316. The van der Waals surface area contributed by atoms with Crippen LogP contribution in [0.25, 0.3) is 10.1 Å². The third kappa shape index (κ3) is 3.56. The highest BCUT2D eigenvalue weighted by atomic mass is 35.5. The fourth-order valence-electron chi connectivity index (χ4n) is 1.58. The summed E-state index contributed by atoms with van der Waals surface area (Å²) in [6.07, 6.45) is 1.62. The van der Waals surface area contributed by atoms with Crippen molar-refractivity contribution in [2.24, 2.45) is 0 Å². The first-order valence-electron chi connectivity index (χ1n) is 5.39. The molecule has 0 unspecified atom stereocenters. The van der Waals surface area contributed by atoms with Gasteiger partial charge in [-0.1, -0.05) is 11.6 Å². The third-order valence-electron chi connectivity index (χ3n) is 2.44. The zero-order chi connectivity index (χ0) is 13.8. The van der Waals surface area contributed by atoms with Gasteiger partial charge in [-0.3, -0.25) is 4.79 Å². The van der Waals surface area contributed by atoms with Crippen LogP contribution in [-0.4, -0.2) is 11.9 Å². The monoisotopic (exact) mass is 294 g/mol. The largest absolute Gasteiger partial charge is 0.545 e. The SMILES string of the molecule is O=C([O-])/C=C/C(=O)NCc1csc2ccc(Cl)cc12. The van der Waals surface area contributed by atoms with Crippen LogP contribution >= 0.6 is 22.9 Å². The molecule has 2 aromatic rings. The van der Waals surface area contributed by atoms with E-state index in [9.17, 15) is 14.7 Å². The Hall–Kier alpha value is -1.85. The lowest BCUT2D eigenvalue weighted by molar-refractivity contribution is -0.297. The molecule has 0 radical (unpaired) electrons. The first kappa shape index (κ1) is 13.6. The summed E-state index contributed by atoms with van der Waals surface area (Å²) in [7, 11) is 0. The number of amides is 1. The topological polar surface area (TPSA) is 69.2 Å². The van der Waals surface area contributed by atoms with Gasteiger partial charge in [-0.25, -0.2) is 0 Å². The number of rotatable bonds is 4. The predicted molar refractivity (Wildman–Crippen MR) is 72.8 cm³/mol. The summed E-state index contributed by atoms with van der Waals surface area (Å²) in [5.41, 5.74) is 0.942. The standard InChI is InChI=1S/C13H10ClNO3S/c14-9-1-2-11-10(5-9)8(7-19-11)6-15-12(16)3-4-13(17)18/h1-5,7H,6H2,(H,15,16)(H,17,18)/p-1/b4-3+. The number of carbonyl (C=O) groups excluding carboxylic acids is 2. The maximum absolute atomic E-state index is 11.3. The molecule has 0 spiro atoms. The molecule has 1 N–H and O–H groups in total. The Morgan fingerprint density at radius 3 is 2.89 bits per heavy atom. The van der Waals surface area contributed by atoms with Gasteiger partial charge in [-0.05, 0) is 40.6 Å². The summed E-state index contributed by atoms with van der Waals surface area (Å²) in [6.45, 7) is 0.316. The minimum Gasteiger partial charge on any atom is -0.545 e. The number of fused-ring (bicyclic) bond motifs is 1. The molecular weight excluding hydrogens is 286 g/mol. The summed E-state index contributed by atoms with van der Waals surface area (Å²) >= 11 is 7.49. The van der Waals surface area contributed by atoms with E-state index in [2.05, 4.69) is 5.32 Å². The first-order valence-corrected chi connectivity index (χ1v) is 6.64. The van der Waals surface area contributed by atoms with Gasteiger partial charge in [-0.15, -0.1) is 11.3 Å². The maximum atomic E-state index is 11.3. The van der Waals surface area contributed by atoms with E-state index in [1.165, 1.54) is 0 Å². The number of hydrogen-bond acceptors (Lipinski definition) is 4. The molecule has 1 aromatic carbocycles. The van der Waals surface area contributed by atoms with E-state index >= 15 is 0 Å². The molecule has 19 heavy (non-hydrogen) atoms. The molecule has 0 aliphatic heterocycles. The van der Waals surface area contributed by atoms with Gasteiger partial charge in [0, 0.05) is 22.3 Å². The van der Waals surface area contributed by atoms with E-state index in [1.807, 2.05) is 23.6 Å². The predicted octanol–water partition coefficient (Wildman–Crippen LogP) is 1.48. The van der Waals surface area contributed by atoms with Gasteiger partial charge in [0.05, 0.1) is 5.97 Å². The Morgan fingerprint density at radius 1 is 1.37 bits per heavy atom. The van der Waals surface area contributed by atoms with E-state index in [1.54, 1.807) is 11.3 Å². The molecule has 1 aromatic heterocycles. The van der Waals surface area contributed by atoms with Crippen molar-refractivity contribution in [2.75, 3.05) is 0 Å². The Kier molecular flexibility index (Phi) is 4.19. The van der Waals surface area contributed by atoms with Crippen molar-refractivity contribution < 1.29 is 14.7 Å². The smallest absolute Gasteiger partial charge is 0.244 e. The van der Waals surface area contributed by atoms with Gasteiger partial charge >= 0.3 is 0 Å². The summed E-state index contributed by atoms with van der Waals surface area (Å²) in [5.74, 6) is -1.88. The molecule has 1 heterocycles. The van der Waals surface area contributed by atoms with E-state index in [0.717, 1.165) is 21.7 Å². The lowest BCUT2D eigenvalue weighted by atomic mass is 10.2. The highest BCUT2D eigenvalue weighted by Crippen LogP contribution is 2.28. The molecule has 98 valence electrons. The molecule has 0 saturated carbocycles. The maximum Gasteiger partial charge on any atom is 0.244 e. The van der Waals surface area contributed by atoms with E-state index in [-0.39, 0.29) is 0 Å². The minimum atomic E-state index is -1.40. The Bertz CT molecular complexity index is 663. The van der Waals surface area contributed by atoms with Crippen LogP contribution in [0, 0.1) is 0 Å². The van der Waals surface area contributed by atoms with Gasteiger partial charge in [-0.2, -0.15) is 0 Å². The number of carbonyl (C=O) groups is 2. The number of nitrogens with one attached hydrogen (secondary N) is 1. The van der Waals surface area contributed by atoms with Crippen molar-refractivity contribution >= 4 is 44.9 Å². The number of thiophene rings is 1. The van der Waals surface area contributed by atoms with Crippen LogP contribution in [0.15, 0.2) is 35.7 Å². The van der Waals surface area contributed by atoms with Gasteiger partial charge < -0.3 is 15.2 Å². The normalized spacial score (nSPS) is 11.0. The molecule has 1 amide bonds. The van der Waals surface area contributed by atoms with Crippen LogP contribution in [-0.2, 0) is 16.1 Å². The molecule has 0 saturated heterocycles. The fraction of sp³-hybridized carbons (Fsp3) is 0.0769. The third-order valence-corrected chi connectivity index (χ3v) is 3.69. The van der Waals surface area contributed by atoms with Crippen molar-refractivity contribution in [1.82, 2.24) is 5.32 Å². The summed E-state index contributed by atoms with van der Waals surface area (Å²) in [5, 5.41) is 16.3.